The molecule has 2 aromatic rings. The summed E-state index contributed by atoms with van der Waals surface area (Å²) >= 11 is 0. The number of rotatable bonds is 2. The summed E-state index contributed by atoms with van der Waals surface area (Å²) in [4.78, 5) is 18.8. The minimum atomic E-state index is -0.612. The van der Waals surface area contributed by atoms with Crippen molar-refractivity contribution in [3.05, 3.63) is 23.5 Å². The molecule has 3 N–H and O–H groups in total. The molecule has 0 spiro atoms. The van der Waals surface area contributed by atoms with Crippen molar-refractivity contribution in [1.29, 1.82) is 0 Å². The molecule has 1 atom stereocenters. The quantitative estimate of drug-likeness (QED) is 0.875. The van der Waals surface area contributed by atoms with Crippen LogP contribution in [0.1, 0.15) is 23.2 Å². The number of nitrogen functional groups attached to an aromatic ring is 1. The number of benzene rings is 1. The fraction of sp³-hybridized carbons (Fsp3) is 0.467. The Morgan fingerprint density at radius 2 is 2.18 bits per heavy atom. The zero-order chi connectivity index (χ0) is 15.3. The van der Waals surface area contributed by atoms with Gasteiger partial charge in [-0.25, -0.2) is 4.39 Å². The minimum Gasteiger partial charge on any atom is -0.424 e. The molecule has 3 saturated heterocycles. The Morgan fingerprint density at radius 1 is 1.41 bits per heavy atom. The number of piperidine rings is 3. The number of fused-ring (bicyclic) bond motifs is 4. The third-order valence-electron chi connectivity index (χ3n) is 4.73. The molecule has 0 unspecified atom stereocenters. The summed E-state index contributed by atoms with van der Waals surface area (Å²) in [6.07, 6.45) is 2.16. The zero-order valence-corrected chi connectivity index (χ0v) is 12.0. The van der Waals surface area contributed by atoms with Crippen molar-refractivity contribution < 1.29 is 13.6 Å². The highest BCUT2D eigenvalue weighted by molar-refractivity contribution is 6.05. The van der Waals surface area contributed by atoms with Crippen LogP contribution in [0.2, 0.25) is 0 Å². The fourth-order valence-electron chi connectivity index (χ4n) is 3.57. The SMILES string of the molecule is Nc1nc2c(C(=O)N[C@@H]3CN4CCC3CC4)c(F)ccc2o1. The molecule has 0 saturated carbocycles. The largest absolute Gasteiger partial charge is 0.424 e. The molecule has 1 aromatic carbocycles. The van der Waals surface area contributed by atoms with Gasteiger partial charge in [0.1, 0.15) is 16.9 Å². The van der Waals surface area contributed by atoms with Crippen LogP contribution in [0.3, 0.4) is 0 Å². The van der Waals surface area contributed by atoms with Crippen LogP contribution in [0.5, 0.6) is 0 Å². The number of nitrogens with two attached hydrogens (primary N) is 1. The third-order valence-corrected chi connectivity index (χ3v) is 4.73. The standard InChI is InChI=1S/C15H17FN4O2/c16-9-1-2-11-13(19-15(17)22-11)12(9)14(21)18-10-7-20-5-3-8(10)4-6-20/h1-2,8,10H,3-7H2,(H2,17,19)(H,18,21)/t10-/m1/s1. The highest BCUT2D eigenvalue weighted by atomic mass is 19.1. The number of carbonyl (C=O) groups is 1. The molecule has 0 aliphatic carbocycles. The van der Waals surface area contributed by atoms with Crippen molar-refractivity contribution in [2.75, 3.05) is 25.4 Å². The second kappa shape index (κ2) is 4.95. The van der Waals surface area contributed by atoms with Gasteiger partial charge in [-0.15, -0.1) is 0 Å². The zero-order valence-electron chi connectivity index (χ0n) is 12.0. The van der Waals surface area contributed by atoms with Crippen molar-refractivity contribution in [3.63, 3.8) is 0 Å². The Hall–Kier alpha value is -2.15. The molecule has 2 bridgehead atoms. The van der Waals surface area contributed by atoms with Gasteiger partial charge in [0.05, 0.1) is 0 Å². The minimum absolute atomic E-state index is 0.0638. The van der Waals surface area contributed by atoms with Crippen molar-refractivity contribution in [3.8, 4) is 0 Å². The smallest absolute Gasteiger partial charge is 0.293 e. The van der Waals surface area contributed by atoms with Gasteiger partial charge < -0.3 is 20.4 Å². The van der Waals surface area contributed by atoms with E-state index in [-0.39, 0.29) is 23.1 Å². The van der Waals surface area contributed by atoms with Crippen LogP contribution in [-0.2, 0) is 0 Å². The van der Waals surface area contributed by atoms with Gasteiger partial charge in [-0.2, -0.15) is 4.98 Å². The van der Waals surface area contributed by atoms with Crippen LogP contribution in [-0.4, -0.2) is 41.5 Å². The lowest BCUT2D eigenvalue weighted by Gasteiger charge is -2.44. The molecule has 6 nitrogen and oxygen atoms in total. The van der Waals surface area contributed by atoms with Gasteiger partial charge in [0.15, 0.2) is 5.58 Å². The number of aromatic nitrogens is 1. The number of hydrogen-bond acceptors (Lipinski definition) is 5. The van der Waals surface area contributed by atoms with E-state index in [1.165, 1.54) is 12.1 Å². The second-order valence-electron chi connectivity index (χ2n) is 6.04. The van der Waals surface area contributed by atoms with E-state index in [0.717, 1.165) is 32.5 Å². The van der Waals surface area contributed by atoms with E-state index in [2.05, 4.69) is 15.2 Å². The number of anilines is 1. The van der Waals surface area contributed by atoms with Gasteiger partial charge in [-0.3, -0.25) is 4.79 Å². The van der Waals surface area contributed by atoms with E-state index in [1.807, 2.05) is 0 Å². The second-order valence-corrected chi connectivity index (χ2v) is 6.04. The molecule has 0 radical (unpaired) electrons. The van der Waals surface area contributed by atoms with E-state index in [9.17, 15) is 9.18 Å². The maximum atomic E-state index is 14.1. The third kappa shape index (κ3) is 2.12. The first-order valence-corrected chi connectivity index (χ1v) is 7.49. The Morgan fingerprint density at radius 3 is 2.86 bits per heavy atom. The fourth-order valence-corrected chi connectivity index (χ4v) is 3.57. The number of hydrogen-bond donors (Lipinski definition) is 2. The molecule has 3 fully saturated rings. The summed E-state index contributed by atoms with van der Waals surface area (Å²) in [6.45, 7) is 3.00. The van der Waals surface area contributed by atoms with Gasteiger partial charge in [-0.1, -0.05) is 0 Å². The molecule has 22 heavy (non-hydrogen) atoms. The molecule has 116 valence electrons. The summed E-state index contributed by atoms with van der Waals surface area (Å²) in [5.74, 6) is -0.590. The van der Waals surface area contributed by atoms with Crippen LogP contribution >= 0.6 is 0 Å². The van der Waals surface area contributed by atoms with Crippen LogP contribution in [0.25, 0.3) is 11.1 Å². The molecular formula is C15H17FN4O2. The van der Waals surface area contributed by atoms with Crippen molar-refractivity contribution >= 4 is 23.0 Å². The van der Waals surface area contributed by atoms with E-state index in [4.69, 9.17) is 10.2 Å². The van der Waals surface area contributed by atoms with Crippen LogP contribution in [0, 0.1) is 11.7 Å². The van der Waals surface area contributed by atoms with E-state index in [0.29, 0.717) is 11.5 Å². The maximum absolute atomic E-state index is 14.1. The number of nitrogens with zero attached hydrogens (tertiary/aromatic N) is 2. The number of carbonyl (C=O) groups excluding carboxylic acids is 1. The van der Waals surface area contributed by atoms with Gasteiger partial charge in [0, 0.05) is 12.6 Å². The number of halogens is 1. The molecular weight excluding hydrogens is 287 g/mol. The van der Waals surface area contributed by atoms with E-state index < -0.39 is 11.7 Å². The van der Waals surface area contributed by atoms with Crippen molar-refractivity contribution in [1.82, 2.24) is 15.2 Å². The Balaban J connectivity index is 1.64. The van der Waals surface area contributed by atoms with Crippen LogP contribution in [0.15, 0.2) is 16.5 Å². The Kier molecular flexibility index (Phi) is 3.04. The maximum Gasteiger partial charge on any atom is 0.293 e. The molecule has 4 heterocycles. The predicted octanol–water partition coefficient (Wildman–Crippen LogP) is 1.37. The highest BCUT2D eigenvalue weighted by Gasteiger charge is 2.35. The van der Waals surface area contributed by atoms with E-state index >= 15 is 0 Å². The number of oxazole rings is 1. The predicted molar refractivity (Wildman–Crippen MR) is 78.8 cm³/mol. The van der Waals surface area contributed by atoms with Crippen LogP contribution in [0.4, 0.5) is 10.4 Å². The van der Waals surface area contributed by atoms with Crippen molar-refractivity contribution in [2.45, 2.75) is 18.9 Å². The molecule has 1 amide bonds. The normalized spacial score (nSPS) is 27.2. The highest BCUT2D eigenvalue weighted by Crippen LogP contribution is 2.29. The first-order valence-electron chi connectivity index (χ1n) is 7.49. The Labute approximate surface area is 126 Å². The number of amides is 1. The lowest BCUT2D eigenvalue weighted by atomic mass is 9.84. The summed E-state index contributed by atoms with van der Waals surface area (Å²) in [5.41, 5.74) is 5.91. The van der Waals surface area contributed by atoms with Crippen molar-refractivity contribution in [2.24, 2.45) is 5.92 Å². The van der Waals surface area contributed by atoms with E-state index in [1.54, 1.807) is 0 Å². The first kappa shape index (κ1) is 13.5. The summed E-state index contributed by atoms with van der Waals surface area (Å²) < 4.78 is 19.3. The molecule has 7 heteroatoms. The Bertz CT molecular complexity index is 736. The molecule has 3 aliphatic rings. The van der Waals surface area contributed by atoms with Gasteiger partial charge in [0.2, 0.25) is 0 Å². The summed E-state index contributed by atoms with van der Waals surface area (Å²) in [5, 5.41) is 2.97. The van der Waals surface area contributed by atoms with Gasteiger partial charge >= 0.3 is 0 Å². The summed E-state index contributed by atoms with van der Waals surface area (Å²) in [6, 6.07) is 2.63. The molecule has 5 rings (SSSR count). The van der Waals surface area contributed by atoms with Crippen LogP contribution < -0.4 is 11.1 Å². The van der Waals surface area contributed by atoms with Gasteiger partial charge in [0.25, 0.3) is 11.9 Å². The molecule has 1 aromatic heterocycles. The molecule has 3 aliphatic heterocycles. The number of nitrogens with one attached hydrogen (secondary N) is 1. The average Bonchev–Trinajstić information content (AvgIpc) is 2.88. The monoisotopic (exact) mass is 304 g/mol. The lowest BCUT2D eigenvalue weighted by Crippen LogP contribution is -2.57. The average molecular weight is 304 g/mol. The van der Waals surface area contributed by atoms with Gasteiger partial charge in [-0.05, 0) is 44.0 Å². The topological polar surface area (TPSA) is 84.4 Å². The first-order chi connectivity index (χ1) is 10.6. The lowest BCUT2D eigenvalue weighted by molar-refractivity contribution is 0.0619. The summed E-state index contributed by atoms with van der Waals surface area (Å²) in [7, 11) is 0.